The van der Waals surface area contributed by atoms with E-state index in [1.807, 2.05) is 67.6 Å². The summed E-state index contributed by atoms with van der Waals surface area (Å²) >= 11 is 1.25. The van der Waals surface area contributed by atoms with E-state index >= 15 is 0 Å². The van der Waals surface area contributed by atoms with Gasteiger partial charge < -0.3 is 20.9 Å². The first-order valence-electron chi connectivity index (χ1n) is 10.8. The molecule has 1 amide bonds. The van der Waals surface area contributed by atoms with Gasteiger partial charge in [0, 0.05) is 27.7 Å². The number of nitrogens with zero attached hydrogens (tertiary/aromatic N) is 1. The van der Waals surface area contributed by atoms with E-state index in [1.54, 1.807) is 19.2 Å². The number of fused-ring (bicyclic) bond motifs is 2. The summed E-state index contributed by atoms with van der Waals surface area (Å²) in [6, 6.07) is 22.7. The van der Waals surface area contributed by atoms with Gasteiger partial charge in [-0.25, -0.2) is 4.98 Å². The van der Waals surface area contributed by atoms with Crippen molar-refractivity contribution < 1.29 is 14.6 Å². The van der Waals surface area contributed by atoms with E-state index in [1.165, 1.54) is 11.3 Å². The van der Waals surface area contributed by atoms with Gasteiger partial charge in [0.2, 0.25) is 0 Å². The highest BCUT2D eigenvalue weighted by atomic mass is 32.1. The molecule has 2 heterocycles. The molecule has 0 aliphatic carbocycles. The van der Waals surface area contributed by atoms with Gasteiger partial charge in [0.25, 0.3) is 5.91 Å². The molecule has 170 valence electrons. The first-order valence-corrected chi connectivity index (χ1v) is 11.6. The molecule has 0 saturated carbocycles. The minimum atomic E-state index is -0.880. The largest absolute Gasteiger partial charge is 0.497 e. The van der Waals surface area contributed by atoms with Gasteiger partial charge in [-0.2, -0.15) is 0 Å². The van der Waals surface area contributed by atoms with Crippen LogP contribution >= 0.6 is 11.3 Å². The molecule has 0 spiro atoms. The van der Waals surface area contributed by atoms with Gasteiger partial charge in [-0.15, -0.1) is 11.3 Å². The molecular weight excluding hydrogens is 446 g/mol. The number of nitrogen functional groups attached to an aromatic ring is 1. The zero-order valence-electron chi connectivity index (χ0n) is 18.7. The number of aliphatic hydroxyl groups excluding tert-OH is 1. The Balaban J connectivity index is 1.49. The summed E-state index contributed by atoms with van der Waals surface area (Å²) in [7, 11) is 1.60. The molecule has 7 heteroatoms. The van der Waals surface area contributed by atoms with Crippen molar-refractivity contribution in [3.05, 3.63) is 94.5 Å². The Hall–Kier alpha value is -3.94. The third-order valence-electron chi connectivity index (χ3n) is 5.92. The molecule has 0 aliphatic rings. The Morgan fingerprint density at radius 3 is 2.56 bits per heavy atom. The number of anilines is 2. The fourth-order valence-corrected chi connectivity index (χ4v) is 5.09. The van der Waals surface area contributed by atoms with Gasteiger partial charge in [0.05, 0.1) is 12.8 Å². The molecule has 0 saturated heterocycles. The van der Waals surface area contributed by atoms with Crippen LogP contribution in [-0.2, 0) is 0 Å². The van der Waals surface area contributed by atoms with Crippen LogP contribution in [0.2, 0.25) is 0 Å². The number of rotatable bonds is 5. The highest BCUT2D eigenvalue weighted by Gasteiger charge is 2.22. The SMILES string of the molecule is COc1ccc(C(O)c2cc3c(N)c(C(=O)Nc4cccc5ccccc45)sc3nc2C)cc1. The van der Waals surface area contributed by atoms with Crippen LogP contribution in [0.3, 0.4) is 0 Å². The number of benzene rings is 3. The van der Waals surface area contributed by atoms with Crippen molar-refractivity contribution in [2.45, 2.75) is 13.0 Å². The summed E-state index contributed by atoms with van der Waals surface area (Å²) in [5, 5.41) is 16.6. The van der Waals surface area contributed by atoms with E-state index in [-0.39, 0.29) is 5.91 Å². The van der Waals surface area contributed by atoms with E-state index in [2.05, 4.69) is 10.3 Å². The van der Waals surface area contributed by atoms with Crippen LogP contribution in [0.5, 0.6) is 5.75 Å². The van der Waals surface area contributed by atoms with Gasteiger partial charge >= 0.3 is 0 Å². The first kappa shape index (κ1) is 21.9. The molecule has 34 heavy (non-hydrogen) atoms. The molecule has 5 rings (SSSR count). The highest BCUT2D eigenvalue weighted by molar-refractivity contribution is 7.21. The van der Waals surface area contributed by atoms with Crippen molar-refractivity contribution in [2.75, 3.05) is 18.2 Å². The van der Waals surface area contributed by atoms with E-state index in [9.17, 15) is 9.90 Å². The smallest absolute Gasteiger partial charge is 0.267 e. The first-order chi connectivity index (χ1) is 16.5. The summed E-state index contributed by atoms with van der Waals surface area (Å²) < 4.78 is 5.20. The molecule has 4 N–H and O–H groups in total. The molecule has 0 aliphatic heterocycles. The number of aliphatic hydroxyl groups is 1. The van der Waals surface area contributed by atoms with Crippen molar-refractivity contribution in [1.82, 2.24) is 4.98 Å². The molecular formula is C27H23N3O3S. The summed E-state index contributed by atoms with van der Waals surface area (Å²) in [5.74, 6) is 0.428. The summed E-state index contributed by atoms with van der Waals surface area (Å²) in [6.45, 7) is 1.84. The Morgan fingerprint density at radius 2 is 1.79 bits per heavy atom. The number of ether oxygens (including phenoxy) is 1. The van der Waals surface area contributed by atoms with Crippen LogP contribution in [0.15, 0.2) is 72.8 Å². The number of nitrogens with one attached hydrogen (secondary N) is 1. The maximum atomic E-state index is 13.2. The van der Waals surface area contributed by atoms with Crippen LogP contribution in [-0.4, -0.2) is 23.1 Å². The maximum absolute atomic E-state index is 13.2. The van der Waals surface area contributed by atoms with E-state index in [4.69, 9.17) is 10.5 Å². The van der Waals surface area contributed by atoms with E-state index < -0.39 is 6.10 Å². The lowest BCUT2D eigenvalue weighted by molar-refractivity contribution is 0.103. The second-order valence-electron chi connectivity index (χ2n) is 8.02. The van der Waals surface area contributed by atoms with E-state index in [0.29, 0.717) is 43.4 Å². The molecule has 0 radical (unpaired) electrons. The zero-order valence-corrected chi connectivity index (χ0v) is 19.5. The molecule has 5 aromatic rings. The molecule has 3 aromatic carbocycles. The van der Waals surface area contributed by atoms with Crippen LogP contribution in [0, 0.1) is 6.92 Å². The fraction of sp³-hybridized carbons (Fsp3) is 0.111. The average Bonchev–Trinajstić information content (AvgIpc) is 3.18. The van der Waals surface area contributed by atoms with Crippen LogP contribution in [0.1, 0.15) is 32.6 Å². The predicted octanol–water partition coefficient (Wildman–Crippen LogP) is 5.68. The molecule has 1 unspecified atom stereocenters. The maximum Gasteiger partial charge on any atom is 0.267 e. The number of amides is 1. The van der Waals surface area contributed by atoms with Crippen LogP contribution < -0.4 is 15.8 Å². The van der Waals surface area contributed by atoms with E-state index in [0.717, 1.165) is 16.5 Å². The van der Waals surface area contributed by atoms with Gasteiger partial charge in [0.1, 0.15) is 21.6 Å². The lowest BCUT2D eigenvalue weighted by atomic mass is 9.99. The van der Waals surface area contributed by atoms with Crippen molar-refractivity contribution in [3.8, 4) is 5.75 Å². The van der Waals surface area contributed by atoms with Gasteiger partial charge in [-0.1, -0.05) is 48.5 Å². The summed E-state index contributed by atoms with van der Waals surface area (Å²) in [5.41, 5.74) is 9.53. The quantitative estimate of drug-likeness (QED) is 0.308. The number of hydrogen-bond donors (Lipinski definition) is 3. The van der Waals surface area contributed by atoms with Gasteiger partial charge in [-0.3, -0.25) is 4.79 Å². The molecule has 0 fully saturated rings. The number of aryl methyl sites for hydroxylation is 1. The number of hydrogen-bond acceptors (Lipinski definition) is 6. The summed E-state index contributed by atoms with van der Waals surface area (Å²) in [4.78, 5) is 18.9. The minimum Gasteiger partial charge on any atom is -0.497 e. The number of thiophene rings is 1. The second-order valence-corrected chi connectivity index (χ2v) is 9.02. The normalized spacial score (nSPS) is 12.1. The highest BCUT2D eigenvalue weighted by Crippen LogP contribution is 2.37. The Bertz CT molecular complexity index is 1520. The standard InChI is InChI=1S/C27H23N3O3S/c1-15-20(24(31)17-10-12-18(33-2)13-11-17)14-21-23(28)25(34-27(21)29-15)26(32)30-22-9-5-7-16-6-3-4-8-19(16)22/h3-14,24,31H,28H2,1-2H3,(H,30,32). The zero-order chi connectivity index (χ0) is 23.8. The predicted molar refractivity (Wildman–Crippen MR) is 138 cm³/mol. The number of carbonyl (C=O) groups is 1. The molecule has 1 atom stereocenters. The Morgan fingerprint density at radius 1 is 1.06 bits per heavy atom. The minimum absolute atomic E-state index is 0.285. The number of methoxy groups -OCH3 is 1. The lowest BCUT2D eigenvalue weighted by Gasteiger charge is -2.14. The third kappa shape index (κ3) is 3.85. The van der Waals surface area contributed by atoms with Crippen LogP contribution in [0.25, 0.3) is 21.0 Å². The van der Waals surface area contributed by atoms with Crippen molar-refractivity contribution in [2.24, 2.45) is 0 Å². The van der Waals surface area contributed by atoms with Crippen molar-refractivity contribution in [1.29, 1.82) is 0 Å². The number of nitrogens with two attached hydrogens (primary N) is 1. The topological polar surface area (TPSA) is 97.5 Å². The number of carbonyl (C=O) groups excluding carboxylic acids is 1. The third-order valence-corrected chi connectivity index (χ3v) is 7.03. The monoisotopic (exact) mass is 469 g/mol. The summed E-state index contributed by atoms with van der Waals surface area (Å²) in [6.07, 6.45) is -0.880. The molecule has 6 nitrogen and oxygen atoms in total. The van der Waals surface area contributed by atoms with Crippen LogP contribution in [0.4, 0.5) is 11.4 Å². The molecule has 0 bridgehead atoms. The lowest BCUT2D eigenvalue weighted by Crippen LogP contribution is -2.12. The number of pyridine rings is 1. The fourth-order valence-electron chi connectivity index (χ4n) is 4.07. The number of aromatic nitrogens is 1. The van der Waals surface area contributed by atoms with Crippen molar-refractivity contribution in [3.63, 3.8) is 0 Å². The van der Waals surface area contributed by atoms with Crippen molar-refractivity contribution >= 4 is 49.6 Å². The Kier molecular flexibility index (Phi) is 5.65. The average molecular weight is 470 g/mol. The van der Waals surface area contributed by atoms with Gasteiger partial charge in [0.15, 0.2) is 0 Å². The van der Waals surface area contributed by atoms with Gasteiger partial charge in [-0.05, 0) is 42.1 Å². The molecule has 2 aromatic heterocycles. The Labute approximate surface area is 200 Å². The second kappa shape index (κ2) is 8.78.